The van der Waals surface area contributed by atoms with Crippen LogP contribution in [0.25, 0.3) is 0 Å². The maximum absolute atomic E-state index is 12.2. The Kier molecular flexibility index (Phi) is 4.24. The monoisotopic (exact) mass is 239 g/mol. The van der Waals surface area contributed by atoms with Crippen molar-refractivity contribution in [1.82, 2.24) is 4.98 Å². The van der Waals surface area contributed by atoms with Gasteiger partial charge < -0.3 is 0 Å². The van der Waals surface area contributed by atoms with Crippen molar-refractivity contribution in [2.24, 2.45) is 0 Å². The van der Waals surface area contributed by atoms with E-state index in [-0.39, 0.29) is 5.78 Å². The van der Waals surface area contributed by atoms with Crippen molar-refractivity contribution in [2.75, 3.05) is 0 Å². The molecule has 1 aromatic carbocycles. The molecule has 92 valence electrons. The summed E-state index contributed by atoms with van der Waals surface area (Å²) < 4.78 is 0. The van der Waals surface area contributed by atoms with E-state index in [2.05, 4.69) is 18.0 Å². The van der Waals surface area contributed by atoms with Crippen LogP contribution in [-0.2, 0) is 12.8 Å². The average Bonchev–Trinajstić information content (AvgIpc) is 2.40. The van der Waals surface area contributed by atoms with Gasteiger partial charge in [0.2, 0.25) is 0 Å². The van der Waals surface area contributed by atoms with Crippen molar-refractivity contribution in [2.45, 2.75) is 26.2 Å². The molecule has 0 bridgehead atoms. The van der Waals surface area contributed by atoms with Gasteiger partial charge in [-0.1, -0.05) is 31.5 Å². The van der Waals surface area contributed by atoms with Crippen LogP contribution in [0.5, 0.6) is 0 Å². The highest BCUT2D eigenvalue weighted by molar-refractivity contribution is 5.97. The van der Waals surface area contributed by atoms with Gasteiger partial charge in [0.1, 0.15) is 0 Å². The minimum Gasteiger partial charge on any atom is -0.294 e. The number of carbonyl (C=O) groups is 1. The van der Waals surface area contributed by atoms with Crippen LogP contribution in [0.3, 0.4) is 0 Å². The summed E-state index contributed by atoms with van der Waals surface area (Å²) in [6, 6.07) is 11.7. The van der Waals surface area contributed by atoms with E-state index < -0.39 is 0 Å². The van der Waals surface area contributed by atoms with E-state index in [1.165, 1.54) is 5.56 Å². The number of aromatic nitrogens is 1. The molecule has 18 heavy (non-hydrogen) atoms. The Bertz CT molecular complexity index is 520. The molecule has 2 rings (SSSR count). The van der Waals surface area contributed by atoms with Gasteiger partial charge in [-0.15, -0.1) is 0 Å². The fraction of sp³-hybridized carbons (Fsp3) is 0.250. The van der Waals surface area contributed by atoms with Gasteiger partial charge >= 0.3 is 0 Å². The fourth-order valence-electron chi connectivity index (χ4n) is 1.98. The van der Waals surface area contributed by atoms with Crippen LogP contribution < -0.4 is 0 Å². The lowest BCUT2D eigenvalue weighted by molar-refractivity contribution is 0.0993. The molecule has 2 nitrogen and oxygen atoms in total. The lowest BCUT2D eigenvalue weighted by atomic mass is 10.0. The molecule has 2 aromatic rings. The number of Topliss-reactive ketones (excluding diaryl/α,β-unsaturated/α-hetero) is 1. The summed E-state index contributed by atoms with van der Waals surface area (Å²) in [4.78, 5) is 16.1. The highest BCUT2D eigenvalue weighted by Gasteiger charge is 2.07. The van der Waals surface area contributed by atoms with E-state index in [9.17, 15) is 4.79 Å². The van der Waals surface area contributed by atoms with E-state index in [0.29, 0.717) is 6.42 Å². The molecule has 0 radical (unpaired) electrons. The molecule has 2 heteroatoms. The van der Waals surface area contributed by atoms with E-state index in [0.717, 1.165) is 24.0 Å². The Morgan fingerprint density at radius 2 is 1.89 bits per heavy atom. The van der Waals surface area contributed by atoms with E-state index in [1.54, 1.807) is 12.4 Å². The SMILES string of the molecule is CCCc1cccc(C(=O)Cc2ccncc2)c1. The first-order valence-electron chi connectivity index (χ1n) is 6.30. The zero-order valence-electron chi connectivity index (χ0n) is 10.6. The van der Waals surface area contributed by atoms with Crippen LogP contribution in [0.4, 0.5) is 0 Å². The minimum absolute atomic E-state index is 0.166. The lowest BCUT2D eigenvalue weighted by Gasteiger charge is -2.04. The second-order valence-electron chi connectivity index (χ2n) is 4.41. The summed E-state index contributed by atoms with van der Waals surface area (Å²) in [5.41, 5.74) is 3.05. The Balaban J connectivity index is 2.11. The molecule has 0 aliphatic carbocycles. The molecule has 0 aliphatic rings. The molecule has 0 amide bonds. The molecule has 0 spiro atoms. The van der Waals surface area contributed by atoms with Gasteiger partial charge in [0.15, 0.2) is 5.78 Å². The minimum atomic E-state index is 0.166. The van der Waals surface area contributed by atoms with E-state index in [1.807, 2.05) is 30.3 Å². The third-order valence-electron chi connectivity index (χ3n) is 2.90. The van der Waals surface area contributed by atoms with Crippen LogP contribution in [-0.4, -0.2) is 10.8 Å². The van der Waals surface area contributed by atoms with Gasteiger partial charge in [0, 0.05) is 24.4 Å². The Morgan fingerprint density at radius 1 is 1.11 bits per heavy atom. The Morgan fingerprint density at radius 3 is 2.61 bits per heavy atom. The number of hydrogen-bond donors (Lipinski definition) is 0. The number of ketones is 1. The van der Waals surface area contributed by atoms with Crippen LogP contribution in [0.2, 0.25) is 0 Å². The quantitative estimate of drug-likeness (QED) is 0.748. The first kappa shape index (κ1) is 12.5. The number of pyridine rings is 1. The topological polar surface area (TPSA) is 30.0 Å². The molecular formula is C16H17NO. The number of hydrogen-bond acceptors (Lipinski definition) is 2. The summed E-state index contributed by atoms with van der Waals surface area (Å²) in [6.45, 7) is 2.14. The molecule has 0 atom stereocenters. The molecule has 0 saturated carbocycles. The predicted octanol–water partition coefficient (Wildman–Crippen LogP) is 3.46. The van der Waals surface area contributed by atoms with Gasteiger partial charge in [-0.2, -0.15) is 0 Å². The van der Waals surface area contributed by atoms with E-state index >= 15 is 0 Å². The molecule has 0 fully saturated rings. The van der Waals surface area contributed by atoms with Crippen LogP contribution in [0, 0.1) is 0 Å². The third kappa shape index (κ3) is 3.27. The maximum Gasteiger partial charge on any atom is 0.167 e. The van der Waals surface area contributed by atoms with Gasteiger partial charge in [-0.05, 0) is 35.7 Å². The largest absolute Gasteiger partial charge is 0.294 e. The normalized spacial score (nSPS) is 10.3. The van der Waals surface area contributed by atoms with Crippen molar-refractivity contribution < 1.29 is 4.79 Å². The van der Waals surface area contributed by atoms with Gasteiger partial charge in [-0.3, -0.25) is 9.78 Å². The molecular weight excluding hydrogens is 222 g/mol. The average molecular weight is 239 g/mol. The second-order valence-corrected chi connectivity index (χ2v) is 4.41. The van der Waals surface area contributed by atoms with Crippen molar-refractivity contribution in [3.63, 3.8) is 0 Å². The highest BCUT2D eigenvalue weighted by atomic mass is 16.1. The molecule has 0 unspecified atom stereocenters. The first-order chi connectivity index (χ1) is 8.79. The zero-order valence-corrected chi connectivity index (χ0v) is 10.6. The van der Waals surface area contributed by atoms with Crippen molar-refractivity contribution in [1.29, 1.82) is 0 Å². The van der Waals surface area contributed by atoms with Gasteiger partial charge in [-0.25, -0.2) is 0 Å². The summed E-state index contributed by atoms with van der Waals surface area (Å²) in [5.74, 6) is 0.166. The summed E-state index contributed by atoms with van der Waals surface area (Å²) in [6.07, 6.45) is 6.00. The molecule has 0 N–H and O–H groups in total. The maximum atomic E-state index is 12.2. The van der Waals surface area contributed by atoms with Gasteiger partial charge in [0.05, 0.1) is 0 Å². The highest BCUT2D eigenvalue weighted by Crippen LogP contribution is 2.11. The van der Waals surface area contributed by atoms with E-state index in [4.69, 9.17) is 0 Å². The number of nitrogens with zero attached hydrogens (tertiary/aromatic N) is 1. The number of aryl methyl sites for hydroxylation is 1. The molecule has 1 aromatic heterocycles. The molecule has 1 heterocycles. The van der Waals surface area contributed by atoms with Crippen LogP contribution in [0.15, 0.2) is 48.8 Å². The Hall–Kier alpha value is -1.96. The standard InChI is InChI=1S/C16H17NO/c1-2-4-13-5-3-6-15(11-13)16(18)12-14-7-9-17-10-8-14/h3,5-11H,2,4,12H2,1H3. The molecule has 0 saturated heterocycles. The first-order valence-corrected chi connectivity index (χ1v) is 6.30. The fourth-order valence-corrected chi connectivity index (χ4v) is 1.98. The van der Waals surface area contributed by atoms with Crippen molar-refractivity contribution >= 4 is 5.78 Å². The van der Waals surface area contributed by atoms with Crippen LogP contribution >= 0.6 is 0 Å². The zero-order chi connectivity index (χ0) is 12.8. The number of rotatable bonds is 5. The summed E-state index contributed by atoms with van der Waals surface area (Å²) >= 11 is 0. The van der Waals surface area contributed by atoms with Crippen molar-refractivity contribution in [3.05, 3.63) is 65.5 Å². The number of carbonyl (C=O) groups excluding carboxylic acids is 1. The Labute approximate surface area is 108 Å². The lowest BCUT2D eigenvalue weighted by Crippen LogP contribution is -2.04. The number of benzene rings is 1. The molecule has 0 aliphatic heterocycles. The smallest absolute Gasteiger partial charge is 0.167 e. The van der Waals surface area contributed by atoms with Crippen LogP contribution in [0.1, 0.15) is 34.8 Å². The van der Waals surface area contributed by atoms with Gasteiger partial charge in [0.25, 0.3) is 0 Å². The summed E-state index contributed by atoms with van der Waals surface area (Å²) in [5, 5.41) is 0. The summed E-state index contributed by atoms with van der Waals surface area (Å²) in [7, 11) is 0. The second kappa shape index (κ2) is 6.10. The van der Waals surface area contributed by atoms with Crippen molar-refractivity contribution in [3.8, 4) is 0 Å². The predicted molar refractivity (Wildman–Crippen MR) is 72.7 cm³/mol. The third-order valence-corrected chi connectivity index (χ3v) is 2.90.